The molecule has 3 rings (SSSR count). The van der Waals surface area contributed by atoms with E-state index in [0.717, 1.165) is 17.8 Å². The zero-order valence-corrected chi connectivity index (χ0v) is 13.4. The van der Waals surface area contributed by atoms with Gasteiger partial charge in [-0.25, -0.2) is 9.37 Å². The number of benzene rings is 2. The second-order valence-electron chi connectivity index (χ2n) is 5.21. The Labute approximate surface area is 139 Å². The van der Waals surface area contributed by atoms with Crippen LogP contribution in [0.2, 0.25) is 0 Å². The van der Waals surface area contributed by atoms with Gasteiger partial charge < -0.3 is 15.5 Å². The summed E-state index contributed by atoms with van der Waals surface area (Å²) in [4.78, 5) is 8.97. The molecule has 122 valence electrons. The molecule has 2 N–H and O–H groups in total. The van der Waals surface area contributed by atoms with Crippen LogP contribution in [0.4, 0.5) is 10.1 Å². The van der Waals surface area contributed by atoms with Crippen molar-refractivity contribution in [3.8, 4) is 17.0 Å². The molecule has 0 spiro atoms. The van der Waals surface area contributed by atoms with Crippen molar-refractivity contribution in [2.45, 2.75) is 6.92 Å². The Bertz CT molecular complexity index is 911. The first-order valence-corrected chi connectivity index (χ1v) is 7.55. The first-order chi connectivity index (χ1) is 11.7. The molecule has 0 aliphatic heterocycles. The van der Waals surface area contributed by atoms with Crippen LogP contribution in [0.15, 0.2) is 36.5 Å². The summed E-state index contributed by atoms with van der Waals surface area (Å²) in [6.07, 6.45) is 2.89. The average molecular weight is 324 g/mol. The fourth-order valence-corrected chi connectivity index (χ4v) is 2.50. The first-order valence-electron chi connectivity index (χ1n) is 7.55. The Morgan fingerprint density at radius 3 is 2.75 bits per heavy atom. The Kier molecular flexibility index (Phi) is 4.37. The number of nitrogens with zero attached hydrogens (tertiary/aromatic N) is 2. The molecule has 0 radical (unpaired) electrons. The average Bonchev–Trinajstić information content (AvgIpc) is 2.60. The quantitative estimate of drug-likeness (QED) is 0.699. The molecule has 3 aromatic rings. The van der Waals surface area contributed by atoms with Crippen molar-refractivity contribution >= 4 is 22.9 Å². The summed E-state index contributed by atoms with van der Waals surface area (Å²) in [7, 11) is 1.43. The van der Waals surface area contributed by atoms with Crippen molar-refractivity contribution in [3.05, 3.63) is 47.9 Å². The van der Waals surface area contributed by atoms with Crippen molar-refractivity contribution < 1.29 is 9.13 Å². The second kappa shape index (κ2) is 6.62. The molecule has 1 heterocycles. The highest BCUT2D eigenvalue weighted by molar-refractivity contribution is 5.93. The summed E-state index contributed by atoms with van der Waals surface area (Å²) in [5.41, 5.74) is 4.16. The molecular weight excluding hydrogens is 307 g/mol. The zero-order valence-electron chi connectivity index (χ0n) is 13.4. The molecular formula is C18H17FN4O. The number of fused-ring (bicyclic) bond motifs is 1. The lowest BCUT2D eigenvalue weighted by Gasteiger charge is -2.10. The highest BCUT2D eigenvalue weighted by Gasteiger charge is 2.09. The van der Waals surface area contributed by atoms with Crippen molar-refractivity contribution in [2.24, 2.45) is 0 Å². The van der Waals surface area contributed by atoms with Gasteiger partial charge in [-0.3, -0.25) is 4.98 Å². The van der Waals surface area contributed by atoms with Gasteiger partial charge in [-0.15, -0.1) is 0 Å². The number of aromatic nitrogens is 2. The van der Waals surface area contributed by atoms with E-state index in [0.29, 0.717) is 22.3 Å². The van der Waals surface area contributed by atoms with Gasteiger partial charge in [0.25, 0.3) is 0 Å². The molecule has 0 bridgehead atoms. The van der Waals surface area contributed by atoms with Gasteiger partial charge in [0.2, 0.25) is 0 Å². The molecule has 24 heavy (non-hydrogen) atoms. The monoisotopic (exact) mass is 324 g/mol. The van der Waals surface area contributed by atoms with E-state index in [1.165, 1.54) is 19.4 Å². The van der Waals surface area contributed by atoms with Crippen LogP contribution in [-0.4, -0.2) is 29.8 Å². The van der Waals surface area contributed by atoms with E-state index in [1.807, 2.05) is 19.1 Å². The van der Waals surface area contributed by atoms with Crippen LogP contribution in [0.3, 0.4) is 0 Å². The largest absolute Gasteiger partial charge is 0.494 e. The predicted octanol–water partition coefficient (Wildman–Crippen LogP) is 3.87. The van der Waals surface area contributed by atoms with Crippen molar-refractivity contribution in [1.29, 1.82) is 5.41 Å². The van der Waals surface area contributed by atoms with E-state index >= 15 is 0 Å². The van der Waals surface area contributed by atoms with E-state index in [1.54, 1.807) is 18.3 Å². The van der Waals surface area contributed by atoms with Crippen LogP contribution in [0.5, 0.6) is 5.75 Å². The Hall–Kier alpha value is -3.02. The predicted molar refractivity (Wildman–Crippen MR) is 93.5 cm³/mol. The number of methoxy groups -OCH3 is 1. The summed E-state index contributed by atoms with van der Waals surface area (Å²) >= 11 is 0. The Balaban J connectivity index is 2.10. The number of nitrogens with one attached hydrogen (secondary N) is 2. The van der Waals surface area contributed by atoms with E-state index in [9.17, 15) is 4.39 Å². The third-order valence-corrected chi connectivity index (χ3v) is 3.68. The summed E-state index contributed by atoms with van der Waals surface area (Å²) in [5.74, 6) is -0.248. The molecule has 6 heteroatoms. The van der Waals surface area contributed by atoms with Gasteiger partial charge in [-0.1, -0.05) is 0 Å². The molecule has 0 unspecified atom stereocenters. The topological polar surface area (TPSA) is 70.9 Å². The minimum atomic E-state index is -0.440. The van der Waals surface area contributed by atoms with Crippen LogP contribution in [0.25, 0.3) is 22.3 Å². The highest BCUT2D eigenvalue weighted by atomic mass is 19.1. The van der Waals surface area contributed by atoms with Crippen molar-refractivity contribution in [3.63, 3.8) is 0 Å². The normalized spacial score (nSPS) is 10.6. The molecule has 0 saturated carbocycles. The van der Waals surface area contributed by atoms with Gasteiger partial charge in [0.1, 0.15) is 0 Å². The maximum absolute atomic E-state index is 13.9. The number of hydrogen-bond acceptors (Lipinski definition) is 5. The molecule has 1 aromatic heterocycles. The summed E-state index contributed by atoms with van der Waals surface area (Å²) in [5, 5.41) is 10.7. The van der Waals surface area contributed by atoms with E-state index in [2.05, 4.69) is 15.3 Å². The van der Waals surface area contributed by atoms with Gasteiger partial charge in [-0.2, -0.15) is 0 Å². The van der Waals surface area contributed by atoms with Crippen LogP contribution in [0, 0.1) is 11.2 Å². The molecule has 0 aliphatic carbocycles. The van der Waals surface area contributed by atoms with Crippen LogP contribution >= 0.6 is 0 Å². The first kappa shape index (κ1) is 15.9. The smallest absolute Gasteiger partial charge is 0.165 e. The summed E-state index contributed by atoms with van der Waals surface area (Å²) in [6, 6.07) is 8.36. The lowest BCUT2D eigenvalue weighted by molar-refractivity contribution is 0.386. The SMILES string of the molecule is CCNc1cc2nc(-c3ccc(OC)c(F)c3)cnc2cc1C=N. The van der Waals surface area contributed by atoms with Gasteiger partial charge in [0.05, 0.1) is 30.0 Å². The van der Waals surface area contributed by atoms with Gasteiger partial charge >= 0.3 is 0 Å². The highest BCUT2D eigenvalue weighted by Crippen LogP contribution is 2.26. The van der Waals surface area contributed by atoms with E-state index < -0.39 is 5.82 Å². The van der Waals surface area contributed by atoms with Gasteiger partial charge in [-0.05, 0) is 37.3 Å². The zero-order chi connectivity index (χ0) is 17.1. The number of hydrogen-bond donors (Lipinski definition) is 2. The molecule has 0 fully saturated rings. The maximum atomic E-state index is 13.9. The number of ether oxygens (including phenoxy) is 1. The van der Waals surface area contributed by atoms with Crippen LogP contribution in [-0.2, 0) is 0 Å². The Morgan fingerprint density at radius 2 is 2.08 bits per heavy atom. The lowest BCUT2D eigenvalue weighted by Crippen LogP contribution is -2.01. The molecule has 0 saturated heterocycles. The standard InChI is InChI=1S/C18H17FN4O/c1-3-21-14-8-16-15(7-12(14)9-20)22-10-17(23-16)11-4-5-18(24-2)13(19)6-11/h4-10,20-21H,3H2,1-2H3. The van der Waals surface area contributed by atoms with Gasteiger partial charge in [0.15, 0.2) is 11.6 Å². The molecule has 5 nitrogen and oxygen atoms in total. The molecule has 2 aromatic carbocycles. The van der Waals surface area contributed by atoms with Crippen LogP contribution < -0.4 is 10.1 Å². The minimum Gasteiger partial charge on any atom is -0.494 e. The van der Waals surface area contributed by atoms with Crippen LogP contribution in [0.1, 0.15) is 12.5 Å². The van der Waals surface area contributed by atoms with E-state index in [-0.39, 0.29) is 5.75 Å². The fraction of sp³-hybridized carbons (Fsp3) is 0.167. The fourth-order valence-electron chi connectivity index (χ4n) is 2.50. The second-order valence-corrected chi connectivity index (χ2v) is 5.21. The van der Waals surface area contributed by atoms with Gasteiger partial charge in [0, 0.05) is 29.6 Å². The van der Waals surface area contributed by atoms with Crippen molar-refractivity contribution in [2.75, 3.05) is 19.0 Å². The number of halogens is 1. The molecule has 0 aliphatic rings. The third-order valence-electron chi connectivity index (χ3n) is 3.68. The summed E-state index contributed by atoms with van der Waals surface area (Å²) < 4.78 is 18.8. The Morgan fingerprint density at radius 1 is 1.25 bits per heavy atom. The minimum absolute atomic E-state index is 0.192. The third kappa shape index (κ3) is 2.90. The lowest BCUT2D eigenvalue weighted by atomic mass is 10.1. The number of rotatable bonds is 5. The summed E-state index contributed by atoms with van der Waals surface area (Å²) in [6.45, 7) is 2.73. The maximum Gasteiger partial charge on any atom is 0.165 e. The number of anilines is 1. The molecule has 0 amide bonds. The molecule has 0 atom stereocenters. The van der Waals surface area contributed by atoms with Crippen molar-refractivity contribution in [1.82, 2.24) is 9.97 Å². The van der Waals surface area contributed by atoms with E-state index in [4.69, 9.17) is 10.1 Å².